The average molecular weight is 381 g/mol. The molecule has 28 heavy (non-hydrogen) atoms. The van der Waals surface area contributed by atoms with Crippen LogP contribution in [0.5, 0.6) is 0 Å². The van der Waals surface area contributed by atoms with Gasteiger partial charge in [-0.3, -0.25) is 9.78 Å². The van der Waals surface area contributed by atoms with Crippen molar-refractivity contribution in [2.75, 3.05) is 6.61 Å². The molecule has 0 radical (unpaired) electrons. The number of carbonyl (C=O) groups is 1. The third kappa shape index (κ3) is 3.78. The second kappa shape index (κ2) is 8.10. The molecule has 2 atom stereocenters. The molecule has 1 aromatic carbocycles. The summed E-state index contributed by atoms with van der Waals surface area (Å²) in [5, 5.41) is 12.7. The maximum absolute atomic E-state index is 13.2. The highest BCUT2D eigenvalue weighted by Gasteiger charge is 2.27. The molecule has 4 rings (SSSR count). The summed E-state index contributed by atoms with van der Waals surface area (Å²) in [5.41, 5.74) is 2.99. The normalized spacial score (nSPS) is 19.6. The number of nitrogens with zero attached hydrogens (tertiary/aromatic N) is 2. The molecule has 146 valence electrons. The Morgan fingerprint density at radius 1 is 1.21 bits per heavy atom. The van der Waals surface area contributed by atoms with Crippen LogP contribution < -0.4 is 5.32 Å². The third-order valence-corrected chi connectivity index (χ3v) is 5.61. The molecule has 1 fully saturated rings. The first-order valence-corrected chi connectivity index (χ1v) is 9.75. The number of aromatic nitrogens is 2. The number of pyridine rings is 1. The van der Waals surface area contributed by atoms with Crippen LogP contribution in [0.25, 0.3) is 11.0 Å². The summed E-state index contributed by atoms with van der Waals surface area (Å²) in [7, 11) is 0. The first-order valence-electron chi connectivity index (χ1n) is 9.75. The summed E-state index contributed by atoms with van der Waals surface area (Å²) in [4.78, 5) is 17.4. The van der Waals surface area contributed by atoms with E-state index in [4.69, 9.17) is 0 Å². The van der Waals surface area contributed by atoms with Crippen LogP contribution in [0.1, 0.15) is 41.6 Å². The van der Waals surface area contributed by atoms with Crippen LogP contribution in [0.15, 0.2) is 48.8 Å². The molecular weight excluding hydrogens is 357 g/mol. The van der Waals surface area contributed by atoms with Gasteiger partial charge in [0.05, 0.1) is 11.1 Å². The Kier molecular flexibility index (Phi) is 5.39. The number of benzene rings is 1. The fourth-order valence-electron chi connectivity index (χ4n) is 4.07. The topological polar surface area (TPSA) is 67.2 Å². The van der Waals surface area contributed by atoms with E-state index in [1.165, 1.54) is 12.1 Å². The van der Waals surface area contributed by atoms with E-state index in [-0.39, 0.29) is 30.3 Å². The minimum absolute atomic E-state index is 0.00883. The van der Waals surface area contributed by atoms with Crippen LogP contribution in [0.4, 0.5) is 4.39 Å². The van der Waals surface area contributed by atoms with Crippen LogP contribution in [-0.2, 0) is 6.54 Å². The molecule has 2 unspecified atom stereocenters. The summed E-state index contributed by atoms with van der Waals surface area (Å²) in [6, 6.07) is 10.1. The number of rotatable bonds is 5. The van der Waals surface area contributed by atoms with Crippen molar-refractivity contribution in [3.05, 3.63) is 65.7 Å². The molecule has 0 saturated heterocycles. The number of nitrogens with one attached hydrogen (secondary N) is 1. The molecular formula is C22H24FN3O2. The Bertz CT molecular complexity index is 968. The van der Waals surface area contributed by atoms with Crippen LogP contribution in [0, 0.1) is 11.7 Å². The maximum Gasteiger partial charge on any atom is 0.255 e. The van der Waals surface area contributed by atoms with Crippen molar-refractivity contribution < 1.29 is 14.3 Å². The largest absolute Gasteiger partial charge is 0.396 e. The van der Waals surface area contributed by atoms with E-state index < -0.39 is 0 Å². The van der Waals surface area contributed by atoms with Crippen molar-refractivity contribution in [2.24, 2.45) is 5.92 Å². The molecule has 2 heterocycles. The van der Waals surface area contributed by atoms with Crippen molar-refractivity contribution in [2.45, 2.75) is 38.3 Å². The number of hydrogen-bond donors (Lipinski definition) is 2. The smallest absolute Gasteiger partial charge is 0.255 e. The lowest BCUT2D eigenvalue weighted by molar-refractivity contribution is 0.0874. The molecule has 0 spiro atoms. The number of fused-ring (bicyclic) bond motifs is 1. The summed E-state index contributed by atoms with van der Waals surface area (Å²) in [6.45, 7) is 0.619. The molecule has 0 aliphatic heterocycles. The first kappa shape index (κ1) is 18.6. The van der Waals surface area contributed by atoms with E-state index in [0.29, 0.717) is 17.6 Å². The number of carbonyl (C=O) groups excluding carboxylic acids is 1. The molecule has 2 N–H and O–H groups in total. The quantitative estimate of drug-likeness (QED) is 0.711. The predicted molar refractivity (Wildman–Crippen MR) is 106 cm³/mol. The van der Waals surface area contributed by atoms with Gasteiger partial charge in [0.15, 0.2) is 0 Å². The average Bonchev–Trinajstić information content (AvgIpc) is 3.09. The summed E-state index contributed by atoms with van der Waals surface area (Å²) in [6.07, 6.45) is 7.47. The Labute approximate surface area is 163 Å². The minimum atomic E-state index is -0.270. The van der Waals surface area contributed by atoms with Crippen molar-refractivity contribution in [3.8, 4) is 0 Å². The van der Waals surface area contributed by atoms with Crippen molar-refractivity contribution in [1.82, 2.24) is 14.9 Å². The van der Waals surface area contributed by atoms with Gasteiger partial charge in [0.1, 0.15) is 11.3 Å². The summed E-state index contributed by atoms with van der Waals surface area (Å²) >= 11 is 0. The van der Waals surface area contributed by atoms with Crippen molar-refractivity contribution in [1.29, 1.82) is 0 Å². The Morgan fingerprint density at radius 3 is 2.79 bits per heavy atom. The van der Waals surface area contributed by atoms with Crippen molar-refractivity contribution in [3.63, 3.8) is 0 Å². The fraction of sp³-hybridized carbons (Fsp3) is 0.364. The number of aliphatic hydroxyl groups is 1. The third-order valence-electron chi connectivity index (χ3n) is 5.61. The Balaban J connectivity index is 1.62. The van der Waals surface area contributed by atoms with E-state index in [1.54, 1.807) is 18.3 Å². The standard InChI is InChI=1S/C22H24FN3O2/c23-17-9-7-15(8-10-17)12-26-13-18(21-20(26)6-3-11-24-21)22(28)25-19-5-2-1-4-16(19)14-27/h3,6-11,13,16,19,27H,1-2,4-5,12,14H2,(H,25,28). The van der Waals surface area contributed by atoms with Crippen molar-refractivity contribution >= 4 is 16.9 Å². The molecule has 3 aromatic rings. The molecule has 1 amide bonds. The van der Waals surface area contributed by atoms with Crippen LogP contribution in [-0.4, -0.2) is 33.2 Å². The van der Waals surface area contributed by atoms with E-state index in [1.807, 2.05) is 22.9 Å². The first-order chi connectivity index (χ1) is 13.7. The van der Waals surface area contributed by atoms with Crippen LogP contribution >= 0.6 is 0 Å². The van der Waals surface area contributed by atoms with Gasteiger partial charge in [0.25, 0.3) is 5.91 Å². The molecule has 2 aromatic heterocycles. The molecule has 1 aliphatic carbocycles. The lowest BCUT2D eigenvalue weighted by Crippen LogP contribution is -2.43. The van der Waals surface area contributed by atoms with Gasteiger partial charge in [0, 0.05) is 37.5 Å². The fourth-order valence-corrected chi connectivity index (χ4v) is 4.07. The molecule has 0 bridgehead atoms. The lowest BCUT2D eigenvalue weighted by atomic mass is 9.85. The zero-order valence-corrected chi connectivity index (χ0v) is 15.6. The van der Waals surface area contributed by atoms with Crippen LogP contribution in [0.3, 0.4) is 0 Å². The van der Waals surface area contributed by atoms with Gasteiger partial charge in [-0.15, -0.1) is 0 Å². The summed E-state index contributed by atoms with van der Waals surface area (Å²) < 4.78 is 15.2. The Morgan fingerprint density at radius 2 is 2.00 bits per heavy atom. The van der Waals surface area contributed by atoms with Crippen LogP contribution in [0.2, 0.25) is 0 Å². The highest BCUT2D eigenvalue weighted by Crippen LogP contribution is 2.26. The molecule has 1 saturated carbocycles. The molecule has 1 aliphatic rings. The number of hydrogen-bond acceptors (Lipinski definition) is 3. The number of halogens is 1. The SMILES string of the molecule is O=C(NC1CCCCC1CO)c1cn(Cc2ccc(F)cc2)c2cccnc12. The van der Waals surface area contributed by atoms with Gasteiger partial charge in [0.2, 0.25) is 0 Å². The minimum Gasteiger partial charge on any atom is -0.396 e. The second-order valence-corrected chi connectivity index (χ2v) is 7.48. The van der Waals surface area contributed by atoms with Gasteiger partial charge >= 0.3 is 0 Å². The van der Waals surface area contributed by atoms with Gasteiger partial charge in [-0.1, -0.05) is 25.0 Å². The number of amides is 1. The highest BCUT2D eigenvalue weighted by atomic mass is 19.1. The lowest BCUT2D eigenvalue weighted by Gasteiger charge is -2.30. The predicted octanol–water partition coefficient (Wildman–Crippen LogP) is 3.50. The van der Waals surface area contributed by atoms with E-state index in [0.717, 1.165) is 36.8 Å². The van der Waals surface area contributed by atoms with Gasteiger partial charge in [-0.05, 0) is 42.7 Å². The van der Waals surface area contributed by atoms with E-state index >= 15 is 0 Å². The van der Waals surface area contributed by atoms with E-state index in [2.05, 4.69) is 10.3 Å². The second-order valence-electron chi connectivity index (χ2n) is 7.48. The van der Waals surface area contributed by atoms with E-state index in [9.17, 15) is 14.3 Å². The van der Waals surface area contributed by atoms with Gasteiger partial charge in [-0.2, -0.15) is 0 Å². The monoisotopic (exact) mass is 381 g/mol. The Hall–Kier alpha value is -2.73. The zero-order valence-electron chi connectivity index (χ0n) is 15.6. The summed E-state index contributed by atoms with van der Waals surface area (Å²) in [5.74, 6) is -0.320. The molecule has 6 heteroatoms. The van der Waals surface area contributed by atoms with Gasteiger partial charge < -0.3 is 15.0 Å². The zero-order chi connectivity index (χ0) is 19.5. The van der Waals surface area contributed by atoms with Gasteiger partial charge in [-0.25, -0.2) is 4.39 Å². The maximum atomic E-state index is 13.2. The molecule has 5 nitrogen and oxygen atoms in total. The highest BCUT2D eigenvalue weighted by molar-refractivity contribution is 6.05. The number of aliphatic hydroxyl groups excluding tert-OH is 1.